The van der Waals surface area contributed by atoms with Gasteiger partial charge in [0, 0.05) is 0 Å². The molecular weight excluding hydrogens is 212 g/mol. The third-order valence-electron chi connectivity index (χ3n) is 1.67. The second-order valence-corrected chi connectivity index (χ2v) is 2.79. The van der Waals surface area contributed by atoms with Crippen LogP contribution in [0, 0.1) is 7.11 Å². The van der Waals surface area contributed by atoms with Gasteiger partial charge in [0.25, 0.3) is 0 Å². The molecule has 3 heteroatoms. The van der Waals surface area contributed by atoms with Gasteiger partial charge in [-0.15, -0.1) is 0 Å². The van der Waals surface area contributed by atoms with Gasteiger partial charge in [0.15, 0.2) is 0 Å². The van der Waals surface area contributed by atoms with E-state index >= 15 is 0 Å². The smallest absolute Gasteiger partial charge is 0.665 e. The zero-order valence-electron chi connectivity index (χ0n) is 9.04. The summed E-state index contributed by atoms with van der Waals surface area (Å²) in [5.41, 5.74) is 0. The van der Waals surface area contributed by atoms with E-state index in [0.717, 1.165) is 5.75 Å². The molecule has 16 heavy (non-hydrogen) atoms. The molecule has 0 saturated carbocycles. The Morgan fingerprint density at radius 1 is 0.812 bits per heavy atom. The third-order valence-corrected chi connectivity index (χ3v) is 1.67. The van der Waals surface area contributed by atoms with Gasteiger partial charge in [-0.05, 0) is 24.3 Å². The van der Waals surface area contributed by atoms with Crippen molar-refractivity contribution in [3.8, 4) is 11.5 Å². The van der Waals surface area contributed by atoms with Crippen LogP contribution >= 0.6 is 0 Å². The first-order chi connectivity index (χ1) is 7.33. The largest absolute Gasteiger partial charge is 2.00 e. The van der Waals surface area contributed by atoms with E-state index in [1.165, 1.54) is 0 Å². The maximum atomic E-state index is 8.63. The number of phenolic OH excluding ortho intramolecular Hbond substituents is 1. The number of benzene rings is 2. The fraction of sp³-hybridized carbons (Fsp3) is 0. The number of phenols is 1. The Morgan fingerprint density at radius 2 is 1.25 bits per heavy atom. The van der Waals surface area contributed by atoms with Crippen molar-refractivity contribution in [2.75, 3.05) is 0 Å². The zero-order valence-corrected chi connectivity index (χ0v) is 10.5. The molecule has 0 spiro atoms. The van der Waals surface area contributed by atoms with Crippen LogP contribution in [0.4, 0.5) is 0 Å². The van der Waals surface area contributed by atoms with Crippen molar-refractivity contribution in [1.82, 2.24) is 0 Å². The van der Waals surface area contributed by atoms with Gasteiger partial charge < -0.3 is 9.84 Å². The Bertz CT molecular complexity index is 362. The van der Waals surface area contributed by atoms with Gasteiger partial charge in [0.05, 0.1) is 5.75 Å². The molecule has 0 heterocycles. The summed E-state index contributed by atoms with van der Waals surface area (Å²) in [7, 11) is 3.26. The molecular formula is C13H13MgO2+. The second-order valence-electron chi connectivity index (χ2n) is 2.79. The minimum absolute atomic E-state index is 0. The van der Waals surface area contributed by atoms with E-state index in [1.807, 2.05) is 36.4 Å². The molecule has 0 saturated heterocycles. The molecule has 0 aliphatic heterocycles. The number of aromatic hydroxyl groups is 1. The summed E-state index contributed by atoms with van der Waals surface area (Å²) in [6.45, 7) is 0. The average molecular weight is 226 g/mol. The summed E-state index contributed by atoms with van der Waals surface area (Å²) in [5.74, 6) is 1.12. The summed E-state index contributed by atoms with van der Waals surface area (Å²) in [6, 6.07) is 18.2. The number of rotatable bonds is 1. The van der Waals surface area contributed by atoms with Crippen LogP contribution < -0.4 is 4.74 Å². The van der Waals surface area contributed by atoms with E-state index in [0.29, 0.717) is 5.75 Å². The second kappa shape index (κ2) is 9.06. The van der Waals surface area contributed by atoms with Crippen molar-refractivity contribution in [2.45, 2.75) is 0 Å². The van der Waals surface area contributed by atoms with Gasteiger partial charge in [-0.25, -0.2) is 0 Å². The number of para-hydroxylation sites is 2. The first-order valence-electron chi connectivity index (χ1n) is 4.54. The molecule has 0 aliphatic rings. The fourth-order valence-corrected chi connectivity index (χ4v) is 0.945. The summed E-state index contributed by atoms with van der Waals surface area (Å²) in [4.78, 5) is 0. The molecule has 0 aromatic heterocycles. The van der Waals surface area contributed by atoms with Crippen molar-refractivity contribution in [3.05, 3.63) is 67.8 Å². The molecule has 0 unspecified atom stereocenters. The van der Waals surface area contributed by atoms with E-state index < -0.39 is 0 Å². The molecule has 0 bridgehead atoms. The Kier molecular flexibility index (Phi) is 8.39. The average Bonchev–Trinajstić information content (AvgIpc) is 2.32. The van der Waals surface area contributed by atoms with E-state index in [2.05, 4.69) is 11.8 Å². The number of hydrogen-bond acceptors (Lipinski definition) is 2. The van der Waals surface area contributed by atoms with Crippen LogP contribution in [-0.2, 0) is 0 Å². The standard InChI is InChI=1S/C7H7O.C6H6O.Mg/c1-8-7-5-3-2-4-6-7;7-6-4-2-1-3-5-6;/h2-6H,1H2;1-5,7H;/q-1;;+2. The van der Waals surface area contributed by atoms with Crippen molar-refractivity contribution in [3.63, 3.8) is 0 Å². The monoisotopic (exact) mass is 225 g/mol. The van der Waals surface area contributed by atoms with Crippen LogP contribution in [-0.4, -0.2) is 28.2 Å². The first kappa shape index (κ1) is 14.8. The first-order valence-corrected chi connectivity index (χ1v) is 4.54. The third kappa shape index (κ3) is 6.32. The van der Waals surface area contributed by atoms with Crippen molar-refractivity contribution >= 4 is 23.1 Å². The summed E-state index contributed by atoms with van der Waals surface area (Å²) in [5, 5.41) is 8.63. The Hall–Kier alpha value is -1.19. The molecule has 2 rings (SSSR count). The topological polar surface area (TPSA) is 29.5 Å². The fourth-order valence-electron chi connectivity index (χ4n) is 0.945. The van der Waals surface area contributed by atoms with Gasteiger partial charge in [-0.3, -0.25) is 0 Å². The maximum Gasteiger partial charge on any atom is 2.00 e. The van der Waals surface area contributed by atoms with Crippen LogP contribution in [0.15, 0.2) is 60.7 Å². The van der Waals surface area contributed by atoms with E-state index in [4.69, 9.17) is 5.11 Å². The molecule has 0 amide bonds. The van der Waals surface area contributed by atoms with Crippen molar-refractivity contribution in [1.29, 1.82) is 0 Å². The quantitative estimate of drug-likeness (QED) is 0.597. The Balaban J connectivity index is 0.000000267. The minimum Gasteiger partial charge on any atom is -0.665 e. The minimum atomic E-state index is 0. The van der Waals surface area contributed by atoms with E-state index in [9.17, 15) is 0 Å². The van der Waals surface area contributed by atoms with Crippen LogP contribution in [0.5, 0.6) is 11.5 Å². The van der Waals surface area contributed by atoms with E-state index in [1.54, 1.807) is 24.3 Å². The molecule has 2 aromatic carbocycles. The molecule has 0 aliphatic carbocycles. The molecule has 0 atom stereocenters. The van der Waals surface area contributed by atoms with Crippen LogP contribution in [0.3, 0.4) is 0 Å². The summed E-state index contributed by atoms with van der Waals surface area (Å²) >= 11 is 0. The van der Waals surface area contributed by atoms with Crippen LogP contribution in [0.25, 0.3) is 0 Å². The Morgan fingerprint density at radius 3 is 1.50 bits per heavy atom. The predicted octanol–water partition coefficient (Wildman–Crippen LogP) is 2.87. The van der Waals surface area contributed by atoms with Crippen molar-refractivity contribution in [2.24, 2.45) is 0 Å². The maximum absolute atomic E-state index is 8.63. The normalized spacial score (nSPS) is 8.06. The number of hydrogen-bond donors (Lipinski definition) is 1. The SMILES string of the molecule is Oc1ccccc1.[CH2-]Oc1ccccc1.[Mg+2]. The molecule has 78 valence electrons. The molecule has 0 radical (unpaired) electrons. The molecule has 0 fully saturated rings. The molecule has 2 nitrogen and oxygen atoms in total. The van der Waals surface area contributed by atoms with Gasteiger partial charge in [-0.1, -0.05) is 36.4 Å². The van der Waals surface area contributed by atoms with Crippen LogP contribution in [0.1, 0.15) is 0 Å². The Labute approximate surface area is 112 Å². The molecule has 1 N–H and O–H groups in total. The summed E-state index contributed by atoms with van der Waals surface area (Å²) in [6.07, 6.45) is 0. The summed E-state index contributed by atoms with van der Waals surface area (Å²) < 4.78 is 4.66. The molecule has 2 aromatic rings. The number of ether oxygens (including phenoxy) is 1. The van der Waals surface area contributed by atoms with Crippen molar-refractivity contribution < 1.29 is 9.84 Å². The predicted molar refractivity (Wildman–Crippen MR) is 66.3 cm³/mol. The van der Waals surface area contributed by atoms with Gasteiger partial charge in [0.2, 0.25) is 0 Å². The van der Waals surface area contributed by atoms with Gasteiger partial charge >= 0.3 is 23.1 Å². The zero-order chi connectivity index (χ0) is 10.9. The van der Waals surface area contributed by atoms with E-state index in [-0.39, 0.29) is 23.1 Å². The van der Waals surface area contributed by atoms with Gasteiger partial charge in [-0.2, -0.15) is 7.11 Å². The van der Waals surface area contributed by atoms with Crippen LogP contribution in [0.2, 0.25) is 0 Å². The van der Waals surface area contributed by atoms with Gasteiger partial charge in [0.1, 0.15) is 5.75 Å².